The molecule has 13 heteroatoms. The first-order chi connectivity index (χ1) is 13.6. The van der Waals surface area contributed by atoms with Gasteiger partial charge in [-0.3, -0.25) is 10.1 Å². The largest absolute Gasteiger partial charge is 0.491 e. The quantitative estimate of drug-likeness (QED) is 0.312. The smallest absolute Gasteiger partial charge is 0.350 e. The maximum Gasteiger partial charge on any atom is 0.350 e. The number of ether oxygens (including phenoxy) is 2. The molecule has 0 bridgehead atoms. The number of anilines is 1. The van der Waals surface area contributed by atoms with E-state index in [4.69, 9.17) is 17.0 Å². The van der Waals surface area contributed by atoms with Gasteiger partial charge in [0.05, 0.1) is 19.4 Å². The third kappa shape index (κ3) is 4.62. The normalized spacial score (nSPS) is 10.4. The summed E-state index contributed by atoms with van der Waals surface area (Å²) in [5.41, 5.74) is -1.20. The lowest BCUT2D eigenvalue weighted by atomic mass is 10.1. The van der Waals surface area contributed by atoms with Crippen LogP contribution in [0.4, 0.5) is 22.7 Å². The summed E-state index contributed by atoms with van der Waals surface area (Å²) >= 11 is 5.69. The van der Waals surface area contributed by atoms with Crippen molar-refractivity contribution in [1.29, 1.82) is 0 Å². The molecule has 1 heterocycles. The highest BCUT2D eigenvalue weighted by Gasteiger charge is 2.30. The molecule has 0 atom stereocenters. The number of carbonyl (C=O) groups is 2. The number of aromatic nitrogens is 1. The molecule has 1 amide bonds. The zero-order valence-corrected chi connectivity index (χ0v) is 16.7. The van der Waals surface area contributed by atoms with Crippen molar-refractivity contribution in [2.75, 3.05) is 19.0 Å². The molecule has 0 fully saturated rings. The zero-order valence-electron chi connectivity index (χ0n) is 15.1. The Hall–Kier alpha value is -2.80. The second kappa shape index (κ2) is 9.13. The highest BCUT2D eigenvalue weighted by molar-refractivity contribution is 7.80. The molecule has 2 aromatic rings. The van der Waals surface area contributed by atoms with Crippen molar-refractivity contribution in [1.82, 2.24) is 10.3 Å². The first-order valence-electron chi connectivity index (χ1n) is 7.79. The minimum absolute atomic E-state index is 0.0730. The number of halogens is 4. The molecule has 29 heavy (non-hydrogen) atoms. The van der Waals surface area contributed by atoms with Crippen LogP contribution < -0.4 is 15.4 Å². The Morgan fingerprint density at radius 1 is 1.14 bits per heavy atom. The van der Waals surface area contributed by atoms with Gasteiger partial charge in [0, 0.05) is 0 Å². The lowest BCUT2D eigenvalue weighted by molar-refractivity contribution is 0.0531. The van der Waals surface area contributed by atoms with Gasteiger partial charge in [-0.15, -0.1) is 0 Å². The zero-order chi connectivity index (χ0) is 21.9. The fourth-order valence-corrected chi connectivity index (χ4v) is 3.24. The van der Waals surface area contributed by atoms with E-state index in [9.17, 15) is 27.2 Å². The van der Waals surface area contributed by atoms with Crippen LogP contribution in [0.25, 0.3) is 0 Å². The maximum atomic E-state index is 14.0. The third-order valence-corrected chi connectivity index (χ3v) is 4.62. The van der Waals surface area contributed by atoms with E-state index in [0.717, 1.165) is 18.4 Å². The van der Waals surface area contributed by atoms with Gasteiger partial charge < -0.3 is 14.8 Å². The molecule has 156 valence electrons. The van der Waals surface area contributed by atoms with Crippen molar-refractivity contribution in [3.05, 3.63) is 39.4 Å². The van der Waals surface area contributed by atoms with Gasteiger partial charge in [-0.05, 0) is 26.1 Å². The molecule has 0 aliphatic rings. The maximum absolute atomic E-state index is 14.0. The molecule has 1 aromatic carbocycles. The molecule has 2 N–H and O–H groups in total. The average Bonchev–Trinajstić information content (AvgIpc) is 3.01. The van der Waals surface area contributed by atoms with Crippen LogP contribution in [0.15, 0.2) is 0 Å². The van der Waals surface area contributed by atoms with Crippen molar-refractivity contribution in [2.45, 2.75) is 13.8 Å². The number of rotatable bonds is 5. The molecule has 0 radical (unpaired) electrons. The number of aryl methyl sites for hydroxylation is 1. The Balaban J connectivity index is 2.20. The molecule has 0 aliphatic carbocycles. The van der Waals surface area contributed by atoms with Gasteiger partial charge in [0.2, 0.25) is 11.6 Å². The summed E-state index contributed by atoms with van der Waals surface area (Å²) < 4.78 is 64.6. The SMILES string of the molecule is CCOC(=O)c1sc(NC(=S)NC(=O)c2c(F)c(F)c(OC)c(F)c2F)nc1C. The number of thiazole rings is 1. The number of nitrogens with one attached hydrogen (secondary N) is 2. The van der Waals surface area contributed by atoms with Crippen molar-refractivity contribution >= 4 is 45.7 Å². The van der Waals surface area contributed by atoms with Crippen LogP contribution in [-0.4, -0.2) is 35.7 Å². The molecule has 0 aliphatic heterocycles. The molecule has 0 spiro atoms. The molecule has 7 nitrogen and oxygen atoms in total. The van der Waals surface area contributed by atoms with Gasteiger partial charge in [-0.1, -0.05) is 11.3 Å². The van der Waals surface area contributed by atoms with Crippen LogP contribution in [0.5, 0.6) is 5.75 Å². The predicted octanol–water partition coefficient (Wildman–Crippen LogP) is 3.32. The van der Waals surface area contributed by atoms with Crippen LogP contribution in [0.1, 0.15) is 32.6 Å². The van der Waals surface area contributed by atoms with E-state index in [1.54, 1.807) is 6.92 Å². The summed E-state index contributed by atoms with van der Waals surface area (Å²) in [5, 5.41) is 3.91. The summed E-state index contributed by atoms with van der Waals surface area (Å²) in [6.07, 6.45) is 0. The molecule has 0 unspecified atom stereocenters. The summed E-state index contributed by atoms with van der Waals surface area (Å²) in [6, 6.07) is 0. The number of hydrogen-bond acceptors (Lipinski definition) is 7. The van der Waals surface area contributed by atoms with Crippen LogP contribution in [0.3, 0.4) is 0 Å². The van der Waals surface area contributed by atoms with Crippen LogP contribution in [0.2, 0.25) is 0 Å². The summed E-state index contributed by atoms with van der Waals surface area (Å²) in [7, 11) is 0.805. The second-order valence-electron chi connectivity index (χ2n) is 5.23. The Morgan fingerprint density at radius 3 is 2.24 bits per heavy atom. The van der Waals surface area contributed by atoms with Crippen LogP contribution >= 0.6 is 23.6 Å². The van der Waals surface area contributed by atoms with E-state index in [0.29, 0.717) is 5.69 Å². The number of methoxy groups -OCH3 is 1. The van der Waals surface area contributed by atoms with Crippen molar-refractivity contribution in [2.24, 2.45) is 0 Å². The Bertz CT molecular complexity index is 968. The first kappa shape index (κ1) is 22.5. The highest BCUT2D eigenvalue weighted by Crippen LogP contribution is 2.29. The predicted molar refractivity (Wildman–Crippen MR) is 99.3 cm³/mol. The van der Waals surface area contributed by atoms with E-state index in [2.05, 4.69) is 15.0 Å². The topological polar surface area (TPSA) is 89.6 Å². The number of thiocarbonyl (C=S) groups is 1. The first-order valence-corrected chi connectivity index (χ1v) is 9.01. The average molecular weight is 451 g/mol. The molecule has 0 saturated carbocycles. The number of benzene rings is 1. The molecule has 1 aromatic heterocycles. The summed E-state index contributed by atoms with van der Waals surface area (Å²) in [5.74, 6) is -11.1. The number of nitrogens with zero attached hydrogens (tertiary/aromatic N) is 1. The van der Waals surface area contributed by atoms with Crippen molar-refractivity contribution in [3.8, 4) is 5.75 Å². The van der Waals surface area contributed by atoms with Gasteiger partial charge >= 0.3 is 5.97 Å². The van der Waals surface area contributed by atoms with Gasteiger partial charge in [-0.25, -0.2) is 18.6 Å². The van der Waals surface area contributed by atoms with Gasteiger partial charge in [0.25, 0.3) is 5.91 Å². The summed E-state index contributed by atoms with van der Waals surface area (Å²) in [6.45, 7) is 3.31. The highest BCUT2D eigenvalue weighted by atomic mass is 32.1. The van der Waals surface area contributed by atoms with Crippen molar-refractivity contribution in [3.63, 3.8) is 0 Å². The summed E-state index contributed by atoms with van der Waals surface area (Å²) in [4.78, 5) is 28.0. The number of carbonyl (C=O) groups excluding carboxylic acids is 2. The van der Waals surface area contributed by atoms with Crippen LogP contribution in [-0.2, 0) is 4.74 Å². The van der Waals surface area contributed by atoms with Crippen LogP contribution in [0, 0.1) is 30.2 Å². The minimum Gasteiger partial charge on any atom is -0.491 e. The van der Waals surface area contributed by atoms with Gasteiger partial charge in [-0.2, -0.15) is 8.78 Å². The Labute approximate surface area is 171 Å². The molecular formula is C16H13F4N3O4S2. The number of amides is 1. The Morgan fingerprint density at radius 2 is 1.72 bits per heavy atom. The fraction of sp³-hybridized carbons (Fsp3) is 0.250. The fourth-order valence-electron chi connectivity index (χ4n) is 2.12. The third-order valence-electron chi connectivity index (χ3n) is 3.36. The lowest BCUT2D eigenvalue weighted by Gasteiger charge is -2.12. The van der Waals surface area contributed by atoms with E-state index >= 15 is 0 Å². The van der Waals surface area contributed by atoms with Gasteiger partial charge in [0.1, 0.15) is 10.4 Å². The number of esters is 1. The standard InChI is InChI=1S/C16H13F4N3O4S2/c1-4-27-14(25)12-5(2)21-16(29-12)23-15(28)22-13(24)6-7(17)9(19)11(26-3)10(20)8(6)18/h4H2,1-3H3,(H2,21,22,23,24,28). The van der Waals surface area contributed by atoms with E-state index < -0.39 is 51.6 Å². The molecule has 0 saturated heterocycles. The second-order valence-corrected chi connectivity index (χ2v) is 6.63. The Kier molecular flexibility index (Phi) is 7.08. The molecular weight excluding hydrogens is 438 g/mol. The minimum atomic E-state index is -1.95. The molecule has 2 rings (SSSR count). The van der Waals surface area contributed by atoms with E-state index in [-0.39, 0.29) is 16.6 Å². The van der Waals surface area contributed by atoms with E-state index in [1.165, 1.54) is 6.92 Å². The lowest BCUT2D eigenvalue weighted by Crippen LogP contribution is -2.35. The van der Waals surface area contributed by atoms with E-state index in [1.807, 2.05) is 5.32 Å². The monoisotopic (exact) mass is 451 g/mol. The van der Waals surface area contributed by atoms with Gasteiger partial charge in [0.15, 0.2) is 27.6 Å². The van der Waals surface area contributed by atoms with Crippen molar-refractivity contribution < 1.29 is 36.6 Å². The number of hydrogen-bond donors (Lipinski definition) is 2.